The van der Waals surface area contributed by atoms with Gasteiger partial charge in [0, 0.05) is 53.7 Å². The summed E-state index contributed by atoms with van der Waals surface area (Å²) in [6.07, 6.45) is 0. The van der Waals surface area contributed by atoms with Crippen LogP contribution in [0.1, 0.15) is 10.4 Å². The van der Waals surface area contributed by atoms with Crippen LogP contribution in [0, 0.1) is 0 Å². The van der Waals surface area contributed by atoms with Crippen LogP contribution in [0.4, 0.5) is 11.4 Å². The van der Waals surface area contributed by atoms with E-state index in [-0.39, 0.29) is 18.4 Å². The molecule has 3 aromatic carbocycles. The number of methoxy groups -OCH3 is 2. The molecule has 4 rings (SSSR count). The maximum Gasteiger partial charge on any atom is 0.262 e. The standard InChI is InChI=1S/C27H28BrN3O5/c1-34-24-15-19(16-25(17-24)35-2)27(33)31-13-11-30(12-14-31)22-7-5-21(6-8-22)29-26(32)18-36-23-9-3-20(28)4-10-23/h3-10,15-17H,11-14,18H2,1-2H3,(H,29,32). The molecule has 1 N–H and O–H groups in total. The number of nitrogens with zero attached hydrogens (tertiary/aromatic N) is 2. The van der Waals surface area contributed by atoms with Gasteiger partial charge in [0.1, 0.15) is 17.2 Å². The number of carbonyl (C=O) groups is 2. The van der Waals surface area contributed by atoms with Crippen molar-refractivity contribution in [3.05, 3.63) is 76.8 Å². The molecule has 0 spiro atoms. The Labute approximate surface area is 218 Å². The lowest BCUT2D eigenvalue weighted by molar-refractivity contribution is -0.118. The van der Waals surface area contributed by atoms with E-state index in [0.717, 1.165) is 10.2 Å². The van der Waals surface area contributed by atoms with E-state index >= 15 is 0 Å². The zero-order valence-corrected chi connectivity index (χ0v) is 21.8. The van der Waals surface area contributed by atoms with Gasteiger partial charge in [0.05, 0.1) is 14.2 Å². The fraction of sp³-hybridized carbons (Fsp3) is 0.259. The average Bonchev–Trinajstić information content (AvgIpc) is 2.92. The second-order valence-corrected chi connectivity index (χ2v) is 9.13. The van der Waals surface area contributed by atoms with Gasteiger partial charge in [-0.05, 0) is 60.7 Å². The minimum absolute atomic E-state index is 0.0460. The Hall–Kier alpha value is -3.72. The highest BCUT2D eigenvalue weighted by molar-refractivity contribution is 9.10. The number of hydrogen-bond acceptors (Lipinski definition) is 6. The van der Waals surface area contributed by atoms with Gasteiger partial charge in [-0.3, -0.25) is 9.59 Å². The van der Waals surface area contributed by atoms with Gasteiger partial charge in [0.25, 0.3) is 11.8 Å². The van der Waals surface area contributed by atoms with Crippen LogP contribution in [0.3, 0.4) is 0 Å². The number of piperazine rings is 1. The molecule has 0 radical (unpaired) electrons. The maximum absolute atomic E-state index is 13.0. The van der Waals surface area contributed by atoms with Crippen LogP contribution in [0.5, 0.6) is 17.2 Å². The lowest BCUT2D eigenvalue weighted by Crippen LogP contribution is -2.48. The molecule has 0 unspecified atom stereocenters. The number of rotatable bonds is 8. The Kier molecular flexibility index (Phi) is 8.32. The number of halogens is 1. The zero-order valence-electron chi connectivity index (χ0n) is 20.2. The van der Waals surface area contributed by atoms with E-state index in [1.165, 1.54) is 0 Å². The van der Waals surface area contributed by atoms with E-state index in [1.54, 1.807) is 44.6 Å². The van der Waals surface area contributed by atoms with Crippen LogP contribution in [-0.4, -0.2) is 63.7 Å². The Morgan fingerprint density at radius 2 is 1.44 bits per heavy atom. The summed E-state index contributed by atoms with van der Waals surface area (Å²) in [6, 6.07) is 20.2. The van der Waals surface area contributed by atoms with E-state index in [4.69, 9.17) is 14.2 Å². The molecule has 1 saturated heterocycles. The van der Waals surface area contributed by atoms with Gasteiger partial charge in [0.2, 0.25) is 0 Å². The second-order valence-electron chi connectivity index (χ2n) is 8.22. The summed E-state index contributed by atoms with van der Waals surface area (Å²) in [5, 5.41) is 2.85. The fourth-order valence-electron chi connectivity index (χ4n) is 3.91. The molecule has 1 aliphatic rings. The largest absolute Gasteiger partial charge is 0.497 e. The third kappa shape index (κ3) is 6.48. The highest BCUT2D eigenvalue weighted by Crippen LogP contribution is 2.25. The summed E-state index contributed by atoms with van der Waals surface area (Å²) in [7, 11) is 3.13. The molecular formula is C27H28BrN3O5. The first-order chi connectivity index (χ1) is 17.4. The van der Waals surface area contributed by atoms with Gasteiger partial charge in [-0.15, -0.1) is 0 Å². The van der Waals surface area contributed by atoms with Gasteiger partial charge in [-0.1, -0.05) is 15.9 Å². The van der Waals surface area contributed by atoms with Crippen molar-refractivity contribution in [2.45, 2.75) is 0 Å². The molecule has 1 aliphatic heterocycles. The molecule has 0 saturated carbocycles. The number of benzene rings is 3. The minimum atomic E-state index is -0.230. The number of amides is 2. The lowest BCUT2D eigenvalue weighted by atomic mass is 10.1. The van der Waals surface area contributed by atoms with Crippen LogP contribution < -0.4 is 24.4 Å². The van der Waals surface area contributed by atoms with Gasteiger partial charge >= 0.3 is 0 Å². The molecular weight excluding hydrogens is 526 g/mol. The summed E-state index contributed by atoms with van der Waals surface area (Å²) in [5.74, 6) is 1.53. The average molecular weight is 554 g/mol. The summed E-state index contributed by atoms with van der Waals surface area (Å²) in [5.41, 5.74) is 2.28. The highest BCUT2D eigenvalue weighted by Gasteiger charge is 2.23. The van der Waals surface area contributed by atoms with E-state index < -0.39 is 0 Å². The third-order valence-electron chi connectivity index (χ3n) is 5.87. The van der Waals surface area contributed by atoms with Crippen LogP contribution in [-0.2, 0) is 4.79 Å². The molecule has 188 valence electrons. The minimum Gasteiger partial charge on any atom is -0.497 e. The smallest absolute Gasteiger partial charge is 0.262 e. The summed E-state index contributed by atoms with van der Waals surface area (Å²) in [4.78, 5) is 29.3. The van der Waals surface area contributed by atoms with Crippen molar-refractivity contribution in [1.82, 2.24) is 4.90 Å². The molecule has 36 heavy (non-hydrogen) atoms. The molecule has 9 heteroatoms. The summed E-state index contributed by atoms with van der Waals surface area (Å²) >= 11 is 3.37. The lowest BCUT2D eigenvalue weighted by Gasteiger charge is -2.36. The van der Waals surface area contributed by atoms with E-state index in [0.29, 0.717) is 54.7 Å². The van der Waals surface area contributed by atoms with Crippen molar-refractivity contribution in [2.24, 2.45) is 0 Å². The first-order valence-corrected chi connectivity index (χ1v) is 12.3. The van der Waals surface area contributed by atoms with Gasteiger partial charge < -0.3 is 29.3 Å². The van der Waals surface area contributed by atoms with E-state index in [2.05, 4.69) is 26.1 Å². The predicted octanol–water partition coefficient (Wildman–Crippen LogP) is 4.45. The predicted molar refractivity (Wildman–Crippen MR) is 142 cm³/mol. The van der Waals surface area contributed by atoms with Crippen LogP contribution in [0.25, 0.3) is 0 Å². The molecule has 1 fully saturated rings. The molecule has 0 aromatic heterocycles. The highest BCUT2D eigenvalue weighted by atomic mass is 79.9. The first kappa shape index (κ1) is 25.4. The van der Waals surface area contributed by atoms with E-state index in [9.17, 15) is 9.59 Å². The van der Waals surface area contributed by atoms with Crippen molar-refractivity contribution in [3.8, 4) is 17.2 Å². The van der Waals surface area contributed by atoms with Crippen molar-refractivity contribution >= 4 is 39.1 Å². The Bertz CT molecular complexity index is 1170. The number of hydrogen-bond donors (Lipinski definition) is 1. The summed E-state index contributed by atoms with van der Waals surface area (Å²) in [6.45, 7) is 2.55. The van der Waals surface area contributed by atoms with Gasteiger partial charge in [0.15, 0.2) is 6.61 Å². The summed E-state index contributed by atoms with van der Waals surface area (Å²) < 4.78 is 17.0. The number of nitrogens with one attached hydrogen (secondary N) is 1. The third-order valence-corrected chi connectivity index (χ3v) is 6.39. The molecule has 3 aromatic rings. The monoisotopic (exact) mass is 553 g/mol. The SMILES string of the molecule is COc1cc(OC)cc(C(=O)N2CCN(c3ccc(NC(=O)COc4ccc(Br)cc4)cc3)CC2)c1. The molecule has 1 heterocycles. The fourth-order valence-corrected chi connectivity index (χ4v) is 4.18. The molecule has 0 bridgehead atoms. The quantitative estimate of drug-likeness (QED) is 0.444. The van der Waals surface area contributed by atoms with Crippen LogP contribution >= 0.6 is 15.9 Å². The van der Waals surface area contributed by atoms with Crippen molar-refractivity contribution < 1.29 is 23.8 Å². The van der Waals surface area contributed by atoms with Crippen LogP contribution in [0.2, 0.25) is 0 Å². The molecule has 8 nitrogen and oxygen atoms in total. The number of anilines is 2. The second kappa shape index (κ2) is 11.8. The Morgan fingerprint density at radius 3 is 2.03 bits per heavy atom. The van der Waals surface area contributed by atoms with Crippen molar-refractivity contribution in [1.29, 1.82) is 0 Å². The molecule has 0 atom stereocenters. The maximum atomic E-state index is 13.0. The Morgan fingerprint density at radius 1 is 0.833 bits per heavy atom. The normalized spacial score (nSPS) is 13.2. The molecule has 2 amide bonds. The Balaban J connectivity index is 1.28. The number of ether oxygens (including phenoxy) is 3. The molecule has 0 aliphatic carbocycles. The zero-order chi connectivity index (χ0) is 25.5. The number of carbonyl (C=O) groups excluding carboxylic acids is 2. The van der Waals surface area contributed by atoms with Crippen molar-refractivity contribution in [2.75, 3.05) is 57.2 Å². The first-order valence-electron chi connectivity index (χ1n) is 11.5. The van der Waals surface area contributed by atoms with E-state index in [1.807, 2.05) is 41.3 Å². The van der Waals surface area contributed by atoms with Crippen molar-refractivity contribution in [3.63, 3.8) is 0 Å². The van der Waals surface area contributed by atoms with Crippen LogP contribution in [0.15, 0.2) is 71.2 Å². The van der Waals surface area contributed by atoms with Gasteiger partial charge in [-0.2, -0.15) is 0 Å². The topological polar surface area (TPSA) is 80.3 Å². The van der Waals surface area contributed by atoms with Gasteiger partial charge in [-0.25, -0.2) is 0 Å².